The fourth-order valence-electron chi connectivity index (χ4n) is 2.42. The molecule has 2 aromatic heterocycles. The molecule has 0 aliphatic rings. The van der Waals surface area contributed by atoms with Crippen LogP contribution in [0, 0.1) is 11.8 Å². The van der Waals surface area contributed by atoms with E-state index in [-0.39, 0.29) is 5.91 Å². The van der Waals surface area contributed by atoms with Crippen molar-refractivity contribution >= 4 is 23.4 Å². The van der Waals surface area contributed by atoms with Gasteiger partial charge in [-0.3, -0.25) is 14.5 Å². The minimum Gasteiger partial charge on any atom is -0.319 e. The Morgan fingerprint density at radius 1 is 1.21 bits per heavy atom. The first-order valence-electron chi connectivity index (χ1n) is 9.20. The van der Waals surface area contributed by atoms with Crippen LogP contribution in [0.3, 0.4) is 0 Å². The maximum absolute atomic E-state index is 12.5. The van der Waals surface area contributed by atoms with Gasteiger partial charge in [0.1, 0.15) is 0 Å². The van der Waals surface area contributed by atoms with Crippen molar-refractivity contribution in [2.24, 2.45) is 0 Å². The molecule has 2 heterocycles. The third-order valence-electron chi connectivity index (χ3n) is 3.89. The number of benzene rings is 1. The van der Waals surface area contributed by atoms with Crippen molar-refractivity contribution in [2.45, 2.75) is 37.0 Å². The Kier molecular flexibility index (Phi) is 7.28. The fraction of sp³-hybridized carbons (Fsp3) is 0.227. The van der Waals surface area contributed by atoms with Gasteiger partial charge >= 0.3 is 0 Å². The number of thioether (sulfide) groups is 1. The van der Waals surface area contributed by atoms with Crippen molar-refractivity contribution in [3.63, 3.8) is 0 Å². The highest BCUT2D eigenvalue weighted by atomic mass is 32.2. The van der Waals surface area contributed by atoms with Gasteiger partial charge in [0.25, 0.3) is 5.91 Å². The van der Waals surface area contributed by atoms with Gasteiger partial charge in [-0.2, -0.15) is 5.10 Å². The smallest absolute Gasteiger partial charge is 0.257 e. The van der Waals surface area contributed by atoms with Crippen LogP contribution >= 0.6 is 11.8 Å². The maximum atomic E-state index is 12.5. The van der Waals surface area contributed by atoms with E-state index in [1.165, 1.54) is 4.90 Å². The van der Waals surface area contributed by atoms with Crippen molar-refractivity contribution in [3.8, 4) is 11.8 Å². The Morgan fingerprint density at radius 2 is 2.07 bits per heavy atom. The summed E-state index contributed by atoms with van der Waals surface area (Å²) in [6.07, 6.45) is 9.73. The molecule has 0 fully saturated rings. The van der Waals surface area contributed by atoms with Crippen molar-refractivity contribution in [3.05, 3.63) is 72.3 Å². The lowest BCUT2D eigenvalue weighted by Gasteiger charge is -2.03. The van der Waals surface area contributed by atoms with Gasteiger partial charge in [0.05, 0.1) is 23.3 Å². The molecular weight excluding hydrogens is 368 g/mol. The van der Waals surface area contributed by atoms with Crippen LogP contribution in [0.15, 0.2) is 66.1 Å². The highest BCUT2D eigenvalue weighted by Gasteiger charge is 2.09. The molecule has 0 aliphatic heterocycles. The fourth-order valence-corrected chi connectivity index (χ4v) is 3.19. The van der Waals surface area contributed by atoms with E-state index >= 15 is 0 Å². The summed E-state index contributed by atoms with van der Waals surface area (Å²) in [6.45, 7) is 2.14. The molecular formula is C22H22N4OS. The van der Waals surface area contributed by atoms with Gasteiger partial charge in [-0.1, -0.05) is 43.4 Å². The predicted octanol–water partition coefficient (Wildman–Crippen LogP) is 4.82. The number of carbonyl (C=O) groups is 1. The quantitative estimate of drug-likeness (QED) is 0.357. The minimum absolute atomic E-state index is 0.222. The van der Waals surface area contributed by atoms with E-state index in [0.29, 0.717) is 17.1 Å². The lowest BCUT2D eigenvalue weighted by atomic mass is 10.2. The monoisotopic (exact) mass is 390 g/mol. The van der Waals surface area contributed by atoms with Crippen LogP contribution < -0.4 is 5.32 Å². The number of aromatic nitrogens is 3. The molecule has 0 radical (unpaired) electrons. The number of amides is 1. The number of anilines is 1. The van der Waals surface area contributed by atoms with Crippen LogP contribution in [0.1, 0.15) is 42.1 Å². The van der Waals surface area contributed by atoms with E-state index in [2.05, 4.69) is 46.3 Å². The molecule has 28 heavy (non-hydrogen) atoms. The second-order valence-electron chi connectivity index (χ2n) is 6.18. The summed E-state index contributed by atoms with van der Waals surface area (Å²) >= 11 is 1.68. The molecule has 0 saturated heterocycles. The second-order valence-corrected chi connectivity index (χ2v) is 7.19. The molecule has 1 amide bonds. The summed E-state index contributed by atoms with van der Waals surface area (Å²) in [4.78, 5) is 17.8. The number of rotatable bonds is 7. The van der Waals surface area contributed by atoms with Crippen LogP contribution in [-0.2, 0) is 5.88 Å². The van der Waals surface area contributed by atoms with Gasteiger partial charge in [-0.25, -0.2) is 0 Å². The minimum atomic E-state index is -0.222. The summed E-state index contributed by atoms with van der Waals surface area (Å²) in [5.74, 6) is 6.62. The largest absolute Gasteiger partial charge is 0.319 e. The Hall–Kier alpha value is -3.04. The Balaban J connectivity index is 1.57. The molecule has 0 spiro atoms. The number of pyridine rings is 1. The number of nitrogens with zero attached hydrogens (tertiary/aromatic N) is 3. The summed E-state index contributed by atoms with van der Waals surface area (Å²) in [5, 5.41) is 7.16. The van der Waals surface area contributed by atoms with Gasteiger partial charge in [-0.15, -0.1) is 11.8 Å². The molecule has 5 nitrogen and oxygen atoms in total. The molecule has 0 atom stereocenters. The number of nitrogens with one attached hydrogen (secondary N) is 1. The van der Waals surface area contributed by atoms with Crippen LogP contribution in [0.25, 0.3) is 0 Å². The molecule has 6 heteroatoms. The lowest BCUT2D eigenvalue weighted by Crippen LogP contribution is -2.12. The van der Waals surface area contributed by atoms with Crippen molar-refractivity contribution in [2.75, 3.05) is 5.32 Å². The zero-order valence-corrected chi connectivity index (χ0v) is 16.6. The van der Waals surface area contributed by atoms with E-state index in [1.807, 2.05) is 24.4 Å². The number of carbonyl (C=O) groups excluding carboxylic acids is 1. The number of hydrogen-bond acceptors (Lipinski definition) is 4. The summed E-state index contributed by atoms with van der Waals surface area (Å²) < 4.78 is 1.79. The zero-order chi connectivity index (χ0) is 19.6. The molecule has 0 saturated carbocycles. The number of unbranched alkanes of at least 4 members (excludes halogenated alkanes) is 2. The highest BCUT2D eigenvalue weighted by Crippen LogP contribution is 2.19. The third kappa shape index (κ3) is 6.00. The summed E-state index contributed by atoms with van der Waals surface area (Å²) in [7, 11) is 0. The second kappa shape index (κ2) is 10.3. The van der Waals surface area contributed by atoms with Crippen LogP contribution in [0.4, 0.5) is 5.69 Å². The van der Waals surface area contributed by atoms with Gasteiger partial charge in [0, 0.05) is 35.5 Å². The number of hydrogen-bond donors (Lipinski definition) is 1. The van der Waals surface area contributed by atoms with Crippen LogP contribution in [-0.4, -0.2) is 20.7 Å². The first-order chi connectivity index (χ1) is 13.7. The first-order valence-corrected chi connectivity index (χ1v) is 10.2. The Bertz CT molecular complexity index is 973. The zero-order valence-electron chi connectivity index (χ0n) is 15.8. The van der Waals surface area contributed by atoms with Gasteiger partial charge in [0.15, 0.2) is 0 Å². The molecule has 0 aliphatic carbocycles. The van der Waals surface area contributed by atoms with Crippen molar-refractivity contribution < 1.29 is 4.79 Å². The van der Waals surface area contributed by atoms with Crippen molar-refractivity contribution in [1.82, 2.24) is 14.8 Å². The summed E-state index contributed by atoms with van der Waals surface area (Å²) in [6, 6.07) is 11.9. The van der Waals surface area contributed by atoms with Gasteiger partial charge in [-0.05, 0) is 24.6 Å². The molecule has 1 N–H and O–H groups in total. The maximum Gasteiger partial charge on any atom is 0.257 e. The summed E-state index contributed by atoms with van der Waals surface area (Å²) in [5.41, 5.74) is 1.88. The third-order valence-corrected chi connectivity index (χ3v) is 4.89. The van der Waals surface area contributed by atoms with Crippen LogP contribution in [0.2, 0.25) is 0 Å². The standard InChI is InChI=1S/C22H22N4OS/c1-2-3-4-6-9-18-12-19(14-23-13-18)22(27)25-20-15-24-26(16-20)17-28-21-10-7-5-8-11-21/h5,7-8,10-16H,2-4,17H2,1H3,(H,25,27). The van der Waals surface area contributed by atoms with E-state index < -0.39 is 0 Å². The SMILES string of the molecule is CCCCC#Cc1cncc(C(=O)Nc2cnn(CSc3ccccc3)c2)c1. The van der Waals surface area contributed by atoms with E-state index in [1.54, 1.807) is 41.1 Å². The van der Waals surface area contributed by atoms with Gasteiger partial charge in [0.2, 0.25) is 0 Å². The Labute approximate surface area is 169 Å². The average Bonchev–Trinajstić information content (AvgIpc) is 3.18. The predicted molar refractivity (Wildman–Crippen MR) is 113 cm³/mol. The first kappa shape index (κ1) is 19.7. The van der Waals surface area contributed by atoms with E-state index in [0.717, 1.165) is 24.8 Å². The topological polar surface area (TPSA) is 59.8 Å². The Morgan fingerprint density at radius 3 is 2.89 bits per heavy atom. The van der Waals surface area contributed by atoms with E-state index in [4.69, 9.17) is 0 Å². The van der Waals surface area contributed by atoms with E-state index in [9.17, 15) is 4.79 Å². The molecule has 1 aromatic carbocycles. The highest BCUT2D eigenvalue weighted by molar-refractivity contribution is 7.98. The average molecular weight is 391 g/mol. The molecule has 3 rings (SSSR count). The molecule has 0 bridgehead atoms. The molecule has 3 aromatic rings. The normalized spacial score (nSPS) is 10.2. The molecule has 142 valence electrons. The lowest BCUT2D eigenvalue weighted by molar-refractivity contribution is 0.102. The van der Waals surface area contributed by atoms with Crippen molar-refractivity contribution in [1.29, 1.82) is 0 Å². The molecule has 0 unspecified atom stereocenters. The van der Waals surface area contributed by atoms with Gasteiger partial charge < -0.3 is 5.32 Å². The van der Waals surface area contributed by atoms with Crippen LogP contribution in [0.5, 0.6) is 0 Å².